The summed E-state index contributed by atoms with van der Waals surface area (Å²) in [4.78, 5) is 17.5. The molecule has 0 aliphatic carbocycles. The van der Waals surface area contributed by atoms with Crippen molar-refractivity contribution in [3.63, 3.8) is 0 Å². The topological polar surface area (TPSA) is 66.2 Å². The highest BCUT2D eigenvalue weighted by atomic mass is 32.1. The van der Waals surface area contributed by atoms with Crippen LogP contribution in [0.4, 0.5) is 13.2 Å². The van der Waals surface area contributed by atoms with Crippen LogP contribution in [0.2, 0.25) is 0 Å². The second-order valence-electron chi connectivity index (χ2n) is 7.08. The number of nitrogens with zero attached hydrogens (tertiary/aromatic N) is 3. The van der Waals surface area contributed by atoms with Crippen molar-refractivity contribution < 1.29 is 27.4 Å². The largest absolute Gasteiger partial charge is 0.573 e. The maximum atomic E-state index is 12.3. The van der Waals surface area contributed by atoms with Crippen molar-refractivity contribution in [2.24, 2.45) is 0 Å². The van der Waals surface area contributed by atoms with Gasteiger partial charge in [0.2, 0.25) is 0 Å². The van der Waals surface area contributed by atoms with Crippen LogP contribution >= 0.6 is 11.3 Å². The number of rotatable bonds is 7. The van der Waals surface area contributed by atoms with Crippen molar-refractivity contribution in [3.8, 4) is 22.8 Å². The number of hydrogen-bond donors (Lipinski definition) is 0. The smallest absolute Gasteiger partial charge is 0.457 e. The molecular weight excluding hydrogens is 455 g/mol. The van der Waals surface area contributed by atoms with Crippen LogP contribution in [0, 0.1) is 0 Å². The van der Waals surface area contributed by atoms with E-state index in [1.165, 1.54) is 46.6 Å². The van der Waals surface area contributed by atoms with Crippen molar-refractivity contribution in [1.29, 1.82) is 0 Å². The molecule has 33 heavy (non-hydrogen) atoms. The molecule has 2 heterocycles. The number of carbonyl (C=O) groups is 1. The number of ether oxygens (including phenoxy) is 2. The Labute approximate surface area is 191 Å². The molecular formula is C23H18F3N3O3S. The van der Waals surface area contributed by atoms with E-state index in [0.717, 1.165) is 16.0 Å². The summed E-state index contributed by atoms with van der Waals surface area (Å²) in [5.41, 5.74) is 2.05. The lowest BCUT2D eigenvalue weighted by Gasteiger charge is -2.11. The molecule has 0 fully saturated rings. The molecule has 1 atom stereocenters. The van der Waals surface area contributed by atoms with Gasteiger partial charge in [0.25, 0.3) is 0 Å². The van der Waals surface area contributed by atoms with Gasteiger partial charge in [0, 0.05) is 10.4 Å². The normalized spacial score (nSPS) is 12.4. The average Bonchev–Trinajstić information content (AvgIpc) is 3.46. The fourth-order valence-electron chi connectivity index (χ4n) is 3.08. The number of hydrogen-bond acceptors (Lipinski definition) is 6. The summed E-state index contributed by atoms with van der Waals surface area (Å²) in [7, 11) is 0. The highest BCUT2D eigenvalue weighted by Crippen LogP contribution is 2.25. The summed E-state index contributed by atoms with van der Waals surface area (Å²) in [5, 5.41) is 6.30. The zero-order chi connectivity index (χ0) is 23.4. The van der Waals surface area contributed by atoms with Gasteiger partial charge in [-0.1, -0.05) is 30.3 Å². The second kappa shape index (κ2) is 9.45. The Hall–Kier alpha value is -3.66. The quantitative estimate of drug-likeness (QED) is 0.320. The standard InChI is InChI=1S/C23H18F3N3O3S/c1-15(20-3-2-12-33-20)31-21(30)13-16-4-6-17(7-5-16)22-27-14-29(28-22)18-8-10-19(11-9-18)32-23(24,25)26/h2-12,14-15H,13H2,1H3. The number of alkyl halides is 3. The van der Waals surface area contributed by atoms with Crippen LogP contribution < -0.4 is 4.74 Å². The first-order chi connectivity index (χ1) is 15.8. The maximum absolute atomic E-state index is 12.3. The number of esters is 1. The van der Waals surface area contributed by atoms with E-state index in [2.05, 4.69) is 14.8 Å². The van der Waals surface area contributed by atoms with E-state index in [-0.39, 0.29) is 24.2 Å². The van der Waals surface area contributed by atoms with Crippen LogP contribution in [0.1, 0.15) is 23.5 Å². The minimum atomic E-state index is -4.74. The van der Waals surface area contributed by atoms with E-state index in [0.29, 0.717) is 11.5 Å². The molecule has 6 nitrogen and oxygen atoms in total. The molecule has 10 heteroatoms. The predicted molar refractivity (Wildman–Crippen MR) is 116 cm³/mol. The summed E-state index contributed by atoms with van der Waals surface area (Å²) >= 11 is 1.54. The molecule has 0 bridgehead atoms. The highest BCUT2D eigenvalue weighted by molar-refractivity contribution is 7.10. The van der Waals surface area contributed by atoms with E-state index in [1.54, 1.807) is 24.3 Å². The van der Waals surface area contributed by atoms with Crippen LogP contribution in [-0.2, 0) is 16.0 Å². The van der Waals surface area contributed by atoms with E-state index in [4.69, 9.17) is 4.74 Å². The molecule has 0 aliphatic rings. The van der Waals surface area contributed by atoms with Gasteiger partial charge in [-0.2, -0.15) is 0 Å². The molecule has 0 spiro atoms. The molecule has 2 aromatic heterocycles. The third-order valence-corrected chi connectivity index (χ3v) is 5.67. The van der Waals surface area contributed by atoms with Gasteiger partial charge < -0.3 is 9.47 Å². The Bertz CT molecular complexity index is 1200. The molecule has 0 saturated heterocycles. The summed E-state index contributed by atoms with van der Waals surface area (Å²) in [5.74, 6) is -0.194. The summed E-state index contributed by atoms with van der Waals surface area (Å²) < 4.78 is 47.7. The first-order valence-electron chi connectivity index (χ1n) is 9.87. The Morgan fingerprint density at radius 2 is 1.82 bits per heavy atom. The van der Waals surface area contributed by atoms with Gasteiger partial charge in [-0.3, -0.25) is 4.79 Å². The first-order valence-corrected chi connectivity index (χ1v) is 10.7. The minimum Gasteiger partial charge on any atom is -0.457 e. The van der Waals surface area contributed by atoms with Gasteiger partial charge in [0.05, 0.1) is 12.1 Å². The van der Waals surface area contributed by atoms with Crippen LogP contribution in [-0.4, -0.2) is 27.1 Å². The van der Waals surface area contributed by atoms with E-state index in [1.807, 2.05) is 24.4 Å². The second-order valence-corrected chi connectivity index (χ2v) is 8.05. The lowest BCUT2D eigenvalue weighted by molar-refractivity contribution is -0.274. The van der Waals surface area contributed by atoms with Crippen LogP contribution in [0.25, 0.3) is 17.1 Å². The van der Waals surface area contributed by atoms with Gasteiger partial charge in [-0.15, -0.1) is 29.6 Å². The van der Waals surface area contributed by atoms with Gasteiger partial charge in [0.1, 0.15) is 18.2 Å². The van der Waals surface area contributed by atoms with Crippen molar-refractivity contribution in [1.82, 2.24) is 14.8 Å². The lowest BCUT2D eigenvalue weighted by Crippen LogP contribution is -2.17. The summed E-state index contributed by atoms with van der Waals surface area (Å²) in [6.45, 7) is 1.84. The fourth-order valence-corrected chi connectivity index (χ4v) is 3.79. The number of halogens is 3. The zero-order valence-corrected chi connectivity index (χ0v) is 18.1. The van der Waals surface area contributed by atoms with Crippen molar-refractivity contribution in [3.05, 3.63) is 82.8 Å². The Kier molecular flexibility index (Phi) is 6.45. The first kappa shape index (κ1) is 22.5. The average molecular weight is 473 g/mol. The van der Waals surface area contributed by atoms with E-state index < -0.39 is 6.36 Å². The molecule has 0 radical (unpaired) electrons. The van der Waals surface area contributed by atoms with Crippen LogP contribution in [0.5, 0.6) is 5.75 Å². The SMILES string of the molecule is CC(OC(=O)Cc1ccc(-c2ncn(-c3ccc(OC(F)(F)F)cc3)n2)cc1)c1cccs1. The predicted octanol–water partition coefficient (Wildman–Crippen LogP) is 5.74. The molecule has 170 valence electrons. The molecule has 0 saturated carbocycles. The van der Waals surface area contributed by atoms with Crippen molar-refractivity contribution in [2.45, 2.75) is 25.8 Å². The van der Waals surface area contributed by atoms with Gasteiger partial charge in [0.15, 0.2) is 5.82 Å². The summed E-state index contributed by atoms with van der Waals surface area (Å²) in [6, 6.07) is 16.3. The third kappa shape index (κ3) is 5.98. The Balaban J connectivity index is 1.38. The van der Waals surface area contributed by atoms with Crippen LogP contribution in [0.3, 0.4) is 0 Å². The molecule has 0 amide bonds. The van der Waals surface area contributed by atoms with Crippen molar-refractivity contribution >= 4 is 17.3 Å². The van der Waals surface area contributed by atoms with Crippen LogP contribution in [0.15, 0.2) is 72.4 Å². The van der Waals surface area contributed by atoms with Gasteiger partial charge in [-0.25, -0.2) is 9.67 Å². The molecule has 2 aromatic carbocycles. The van der Waals surface area contributed by atoms with E-state index >= 15 is 0 Å². The minimum absolute atomic E-state index is 0.143. The monoisotopic (exact) mass is 473 g/mol. The molecule has 1 unspecified atom stereocenters. The third-order valence-electron chi connectivity index (χ3n) is 4.64. The molecule has 0 aliphatic heterocycles. The lowest BCUT2D eigenvalue weighted by atomic mass is 10.1. The summed E-state index contributed by atoms with van der Waals surface area (Å²) in [6.07, 6.45) is -3.43. The number of aromatic nitrogens is 3. The van der Waals surface area contributed by atoms with Crippen molar-refractivity contribution in [2.75, 3.05) is 0 Å². The molecule has 0 N–H and O–H groups in total. The number of thiophene rings is 1. The maximum Gasteiger partial charge on any atom is 0.573 e. The van der Waals surface area contributed by atoms with Gasteiger partial charge in [-0.05, 0) is 48.2 Å². The Morgan fingerprint density at radius 1 is 1.09 bits per heavy atom. The number of carbonyl (C=O) groups excluding carboxylic acids is 1. The highest BCUT2D eigenvalue weighted by Gasteiger charge is 2.31. The Morgan fingerprint density at radius 3 is 2.45 bits per heavy atom. The molecule has 4 aromatic rings. The zero-order valence-electron chi connectivity index (χ0n) is 17.3. The van der Waals surface area contributed by atoms with Gasteiger partial charge >= 0.3 is 12.3 Å². The molecule has 4 rings (SSSR count). The fraction of sp³-hybridized carbons (Fsp3) is 0.174. The van der Waals surface area contributed by atoms with E-state index in [9.17, 15) is 18.0 Å². The number of benzene rings is 2.